The van der Waals surface area contributed by atoms with Crippen LogP contribution in [-0.2, 0) is 0 Å². The molecule has 94 valence electrons. The largest absolute Gasteiger partial charge is 0.477 e. The van der Waals surface area contributed by atoms with Crippen molar-refractivity contribution in [3.63, 3.8) is 0 Å². The molecule has 2 rings (SSSR count). The monoisotopic (exact) mass is 267 g/mol. The molecule has 0 unspecified atom stereocenters. The molecule has 0 spiro atoms. The molecule has 0 aliphatic rings. The summed E-state index contributed by atoms with van der Waals surface area (Å²) < 4.78 is 13.5. The van der Waals surface area contributed by atoms with Crippen molar-refractivity contribution in [3.05, 3.63) is 40.9 Å². The van der Waals surface area contributed by atoms with Crippen LogP contribution in [0.25, 0.3) is 0 Å². The van der Waals surface area contributed by atoms with Gasteiger partial charge in [-0.3, -0.25) is 4.98 Å². The first-order chi connectivity index (χ1) is 8.58. The molecule has 2 N–H and O–H groups in total. The van der Waals surface area contributed by atoms with Gasteiger partial charge in [-0.15, -0.1) is 0 Å². The van der Waals surface area contributed by atoms with E-state index < -0.39 is 11.8 Å². The minimum Gasteiger partial charge on any atom is -0.477 e. The molecule has 0 aromatic carbocycles. The van der Waals surface area contributed by atoms with Gasteiger partial charge in [-0.25, -0.2) is 14.2 Å². The molecule has 0 saturated heterocycles. The molecule has 0 fully saturated rings. The number of hydrogen-bond donors (Lipinski definition) is 2. The topological polar surface area (TPSA) is 75.1 Å². The summed E-state index contributed by atoms with van der Waals surface area (Å²) in [6.45, 7) is 1.73. The first kappa shape index (κ1) is 12.4. The van der Waals surface area contributed by atoms with Crippen molar-refractivity contribution in [3.8, 4) is 0 Å². The molecule has 0 amide bonds. The lowest BCUT2D eigenvalue weighted by Gasteiger charge is -2.12. The van der Waals surface area contributed by atoms with Crippen molar-refractivity contribution in [2.75, 3.05) is 5.32 Å². The average molecular weight is 267 g/mol. The number of carboxylic acids is 1. The van der Waals surface area contributed by atoms with Crippen molar-refractivity contribution in [2.45, 2.75) is 13.0 Å². The fourth-order valence-corrected chi connectivity index (χ4v) is 2.15. The van der Waals surface area contributed by atoms with Crippen LogP contribution >= 0.6 is 11.3 Å². The molecular weight excluding hydrogens is 257 g/mol. The van der Waals surface area contributed by atoms with Gasteiger partial charge in [0.25, 0.3) is 0 Å². The van der Waals surface area contributed by atoms with E-state index in [0.717, 1.165) is 11.3 Å². The fourth-order valence-electron chi connectivity index (χ4n) is 1.41. The number of aromatic nitrogens is 2. The van der Waals surface area contributed by atoms with Crippen LogP contribution in [0, 0.1) is 5.82 Å². The quantitative estimate of drug-likeness (QED) is 0.890. The van der Waals surface area contributed by atoms with E-state index in [0.29, 0.717) is 5.13 Å². The Hall–Kier alpha value is -2.02. The second-order valence-electron chi connectivity index (χ2n) is 3.57. The first-order valence-corrected chi connectivity index (χ1v) is 5.95. The third-order valence-electron chi connectivity index (χ3n) is 2.25. The predicted molar refractivity (Wildman–Crippen MR) is 65.3 cm³/mol. The van der Waals surface area contributed by atoms with E-state index >= 15 is 0 Å². The molecule has 2 heterocycles. The molecular formula is C11H10FN3O2S. The summed E-state index contributed by atoms with van der Waals surface area (Å²) in [5.74, 6) is -1.44. The Kier molecular flexibility index (Phi) is 3.52. The second-order valence-corrected chi connectivity index (χ2v) is 4.60. The number of rotatable bonds is 4. The van der Waals surface area contributed by atoms with Crippen LogP contribution in [0.4, 0.5) is 9.52 Å². The molecule has 18 heavy (non-hydrogen) atoms. The van der Waals surface area contributed by atoms with Crippen LogP contribution in [0.1, 0.15) is 28.3 Å². The SMILES string of the molecule is C[C@H](Nc1ncc(C(=O)O)s1)c1ncccc1F. The molecule has 2 aromatic rings. The van der Waals surface area contributed by atoms with Crippen LogP contribution in [0.2, 0.25) is 0 Å². The standard InChI is InChI=1S/C11H10FN3O2S/c1-6(9-7(12)3-2-4-13-9)15-11-14-5-8(18-11)10(16)17/h2-6H,1H3,(H,14,15)(H,16,17)/t6-/m0/s1. The maximum atomic E-state index is 13.5. The van der Waals surface area contributed by atoms with Crippen molar-refractivity contribution in [2.24, 2.45) is 0 Å². The third-order valence-corrected chi connectivity index (χ3v) is 3.17. The summed E-state index contributed by atoms with van der Waals surface area (Å²) in [5.41, 5.74) is 0.268. The fraction of sp³-hybridized carbons (Fsp3) is 0.182. The van der Waals surface area contributed by atoms with Gasteiger partial charge in [-0.1, -0.05) is 11.3 Å². The van der Waals surface area contributed by atoms with E-state index in [4.69, 9.17) is 5.11 Å². The van der Waals surface area contributed by atoms with E-state index in [1.807, 2.05) is 0 Å². The molecule has 0 radical (unpaired) electrons. The Morgan fingerprint density at radius 3 is 2.94 bits per heavy atom. The highest BCUT2D eigenvalue weighted by atomic mass is 32.1. The van der Waals surface area contributed by atoms with Crippen LogP contribution < -0.4 is 5.32 Å². The van der Waals surface area contributed by atoms with Gasteiger partial charge in [0.05, 0.1) is 17.9 Å². The van der Waals surface area contributed by atoms with Crippen molar-refractivity contribution in [1.82, 2.24) is 9.97 Å². The average Bonchev–Trinajstić information content (AvgIpc) is 2.78. The summed E-state index contributed by atoms with van der Waals surface area (Å²) in [5, 5.41) is 12.1. The Morgan fingerprint density at radius 1 is 1.56 bits per heavy atom. The first-order valence-electron chi connectivity index (χ1n) is 5.14. The lowest BCUT2D eigenvalue weighted by atomic mass is 10.2. The number of carboxylic acid groups (broad SMARTS) is 1. The zero-order chi connectivity index (χ0) is 13.1. The number of thiazole rings is 1. The molecule has 0 bridgehead atoms. The number of nitrogens with zero attached hydrogens (tertiary/aromatic N) is 2. The smallest absolute Gasteiger partial charge is 0.347 e. The van der Waals surface area contributed by atoms with E-state index in [9.17, 15) is 9.18 Å². The van der Waals surface area contributed by atoms with Gasteiger partial charge in [0.15, 0.2) is 5.13 Å². The van der Waals surface area contributed by atoms with Crippen LogP contribution in [-0.4, -0.2) is 21.0 Å². The Labute approximate surface area is 106 Å². The summed E-state index contributed by atoms with van der Waals surface area (Å²) in [6.07, 6.45) is 2.76. The van der Waals surface area contributed by atoms with Crippen LogP contribution in [0.5, 0.6) is 0 Å². The number of pyridine rings is 1. The molecule has 2 aromatic heterocycles. The number of nitrogens with one attached hydrogen (secondary N) is 1. The summed E-state index contributed by atoms with van der Waals surface area (Å²) in [7, 11) is 0. The highest BCUT2D eigenvalue weighted by Gasteiger charge is 2.14. The third kappa shape index (κ3) is 2.62. The predicted octanol–water partition coefficient (Wildman–Crippen LogP) is 2.55. The number of anilines is 1. The molecule has 7 heteroatoms. The van der Waals surface area contributed by atoms with Gasteiger partial charge in [-0.05, 0) is 19.1 Å². The van der Waals surface area contributed by atoms with Gasteiger partial charge in [0, 0.05) is 6.20 Å². The zero-order valence-corrected chi connectivity index (χ0v) is 10.2. The normalized spacial score (nSPS) is 12.1. The lowest BCUT2D eigenvalue weighted by Crippen LogP contribution is -2.10. The summed E-state index contributed by atoms with van der Waals surface area (Å²) in [6, 6.07) is 2.45. The summed E-state index contributed by atoms with van der Waals surface area (Å²) >= 11 is 0.998. The lowest BCUT2D eigenvalue weighted by molar-refractivity contribution is 0.0702. The van der Waals surface area contributed by atoms with Gasteiger partial charge >= 0.3 is 5.97 Å². The molecule has 0 aliphatic carbocycles. The Morgan fingerprint density at radius 2 is 2.33 bits per heavy atom. The number of aromatic carboxylic acids is 1. The van der Waals surface area contributed by atoms with E-state index in [1.165, 1.54) is 24.5 Å². The highest BCUT2D eigenvalue weighted by Crippen LogP contribution is 2.23. The van der Waals surface area contributed by atoms with Gasteiger partial charge in [-0.2, -0.15) is 0 Å². The van der Waals surface area contributed by atoms with Gasteiger partial charge in [0.2, 0.25) is 0 Å². The van der Waals surface area contributed by atoms with Gasteiger partial charge in [0.1, 0.15) is 10.7 Å². The highest BCUT2D eigenvalue weighted by molar-refractivity contribution is 7.17. The molecule has 5 nitrogen and oxygen atoms in total. The summed E-state index contributed by atoms with van der Waals surface area (Å²) in [4.78, 5) is 18.7. The van der Waals surface area contributed by atoms with Gasteiger partial charge < -0.3 is 10.4 Å². The van der Waals surface area contributed by atoms with E-state index in [2.05, 4.69) is 15.3 Å². The van der Waals surface area contributed by atoms with Crippen LogP contribution in [0.15, 0.2) is 24.5 Å². The zero-order valence-electron chi connectivity index (χ0n) is 9.42. The number of carbonyl (C=O) groups is 1. The second kappa shape index (κ2) is 5.09. The van der Waals surface area contributed by atoms with Crippen molar-refractivity contribution < 1.29 is 14.3 Å². The van der Waals surface area contributed by atoms with Crippen molar-refractivity contribution >= 4 is 22.4 Å². The molecule has 0 aliphatic heterocycles. The number of hydrogen-bond acceptors (Lipinski definition) is 5. The minimum absolute atomic E-state index is 0.131. The van der Waals surface area contributed by atoms with E-state index in [-0.39, 0.29) is 16.6 Å². The van der Waals surface area contributed by atoms with Crippen molar-refractivity contribution in [1.29, 1.82) is 0 Å². The Balaban J connectivity index is 2.13. The maximum Gasteiger partial charge on any atom is 0.347 e. The minimum atomic E-state index is -1.03. The number of halogens is 1. The van der Waals surface area contributed by atoms with E-state index in [1.54, 1.807) is 6.92 Å². The Bertz CT molecular complexity index is 573. The molecule has 0 saturated carbocycles. The molecule has 1 atom stereocenters. The maximum absolute atomic E-state index is 13.5. The van der Waals surface area contributed by atoms with Crippen LogP contribution in [0.3, 0.4) is 0 Å².